The van der Waals surface area contributed by atoms with E-state index in [4.69, 9.17) is 5.73 Å². The van der Waals surface area contributed by atoms with E-state index in [2.05, 4.69) is 20.9 Å². The number of carbonyl (C=O) groups excluding carboxylic acids is 1. The third-order valence-electron chi connectivity index (χ3n) is 3.49. The molecule has 1 aliphatic rings. The van der Waals surface area contributed by atoms with Crippen LogP contribution in [0.1, 0.15) is 22.8 Å². The van der Waals surface area contributed by atoms with Crippen LogP contribution in [0.4, 0.5) is 11.4 Å². The molecule has 4 nitrogen and oxygen atoms in total. The highest BCUT2D eigenvalue weighted by molar-refractivity contribution is 9.10. The number of halogens is 1. The fraction of sp³-hybridized carbons (Fsp3) is 0.200. The molecule has 102 valence electrons. The zero-order valence-corrected chi connectivity index (χ0v) is 12.6. The van der Waals surface area contributed by atoms with Crippen LogP contribution in [0.25, 0.3) is 0 Å². The van der Waals surface area contributed by atoms with Crippen molar-refractivity contribution >= 4 is 33.2 Å². The largest absolute Gasteiger partial charge is 0.399 e. The lowest BCUT2D eigenvalue weighted by atomic mass is 10.1. The number of carbonyl (C=O) groups is 1. The summed E-state index contributed by atoms with van der Waals surface area (Å²) in [5, 5.41) is 0. The minimum absolute atomic E-state index is 0.0326. The van der Waals surface area contributed by atoms with Crippen molar-refractivity contribution in [3.8, 4) is 0 Å². The third kappa shape index (κ3) is 2.18. The zero-order chi connectivity index (χ0) is 14.3. The summed E-state index contributed by atoms with van der Waals surface area (Å²) in [5.41, 5.74) is 9.18. The van der Waals surface area contributed by atoms with E-state index in [-0.39, 0.29) is 11.9 Å². The van der Waals surface area contributed by atoms with Crippen LogP contribution in [0.3, 0.4) is 0 Å². The molecule has 2 aromatic rings. The Labute approximate surface area is 125 Å². The molecule has 0 fully saturated rings. The summed E-state index contributed by atoms with van der Waals surface area (Å²) in [5.74, 6) is -0.0326. The number of hydrogen-bond acceptors (Lipinski definition) is 3. The van der Waals surface area contributed by atoms with E-state index in [0.717, 1.165) is 27.8 Å². The van der Waals surface area contributed by atoms with Crippen molar-refractivity contribution in [2.75, 3.05) is 10.6 Å². The van der Waals surface area contributed by atoms with Crippen LogP contribution in [0.2, 0.25) is 0 Å². The summed E-state index contributed by atoms with van der Waals surface area (Å²) in [6, 6.07) is 7.60. The van der Waals surface area contributed by atoms with E-state index < -0.39 is 0 Å². The summed E-state index contributed by atoms with van der Waals surface area (Å²) in [4.78, 5) is 18.6. The van der Waals surface area contributed by atoms with Crippen molar-refractivity contribution in [2.24, 2.45) is 0 Å². The van der Waals surface area contributed by atoms with E-state index in [1.807, 2.05) is 30.0 Å². The molecule has 0 aliphatic carbocycles. The van der Waals surface area contributed by atoms with Gasteiger partial charge in [-0.25, -0.2) is 0 Å². The second kappa shape index (κ2) is 4.90. The van der Waals surface area contributed by atoms with Crippen molar-refractivity contribution in [2.45, 2.75) is 19.4 Å². The second-order valence-electron chi connectivity index (χ2n) is 5.01. The number of nitrogen functional groups attached to an aromatic ring is 1. The molecule has 5 heteroatoms. The Bertz CT molecular complexity index is 687. The van der Waals surface area contributed by atoms with Crippen molar-refractivity contribution < 1.29 is 4.79 Å². The summed E-state index contributed by atoms with van der Waals surface area (Å²) in [7, 11) is 0. The van der Waals surface area contributed by atoms with Gasteiger partial charge in [0.1, 0.15) is 0 Å². The van der Waals surface area contributed by atoms with E-state index in [1.54, 1.807) is 18.5 Å². The molecular weight excluding hydrogens is 318 g/mol. The van der Waals surface area contributed by atoms with Gasteiger partial charge < -0.3 is 10.6 Å². The van der Waals surface area contributed by atoms with E-state index in [9.17, 15) is 4.79 Å². The van der Waals surface area contributed by atoms with Gasteiger partial charge in [-0.2, -0.15) is 0 Å². The maximum absolute atomic E-state index is 12.7. The Balaban J connectivity index is 2.01. The summed E-state index contributed by atoms with van der Waals surface area (Å²) < 4.78 is 0.799. The molecule has 2 heterocycles. The number of pyridine rings is 1. The lowest BCUT2D eigenvalue weighted by Crippen LogP contribution is -2.35. The maximum Gasteiger partial charge on any atom is 0.260 e. The van der Waals surface area contributed by atoms with Crippen molar-refractivity contribution in [3.05, 3.63) is 52.3 Å². The maximum atomic E-state index is 12.7. The summed E-state index contributed by atoms with van der Waals surface area (Å²) >= 11 is 3.35. The quantitative estimate of drug-likeness (QED) is 0.817. The van der Waals surface area contributed by atoms with Gasteiger partial charge in [0.2, 0.25) is 0 Å². The van der Waals surface area contributed by atoms with Gasteiger partial charge in [-0.05, 0) is 59.1 Å². The van der Waals surface area contributed by atoms with Gasteiger partial charge in [-0.15, -0.1) is 0 Å². The number of nitrogens with zero attached hydrogens (tertiary/aromatic N) is 2. The number of benzene rings is 1. The lowest BCUT2D eigenvalue weighted by Gasteiger charge is -2.22. The number of rotatable bonds is 1. The minimum Gasteiger partial charge on any atom is -0.399 e. The fourth-order valence-corrected chi connectivity index (χ4v) is 2.99. The smallest absolute Gasteiger partial charge is 0.260 e. The van der Waals surface area contributed by atoms with Crippen LogP contribution in [-0.4, -0.2) is 16.9 Å². The highest BCUT2D eigenvalue weighted by Crippen LogP contribution is 2.34. The van der Waals surface area contributed by atoms with Crippen molar-refractivity contribution in [3.63, 3.8) is 0 Å². The molecule has 0 saturated carbocycles. The first-order valence-electron chi connectivity index (χ1n) is 6.39. The fourth-order valence-electron chi connectivity index (χ4n) is 2.63. The van der Waals surface area contributed by atoms with Crippen LogP contribution in [-0.2, 0) is 6.42 Å². The molecule has 1 aromatic heterocycles. The molecule has 20 heavy (non-hydrogen) atoms. The normalized spacial score (nSPS) is 17.1. The molecule has 1 aromatic carbocycles. The first-order chi connectivity index (χ1) is 9.56. The van der Waals surface area contributed by atoms with E-state index in [0.29, 0.717) is 5.56 Å². The third-order valence-corrected chi connectivity index (χ3v) is 3.92. The molecular formula is C15H14BrN3O. The number of fused-ring (bicyclic) bond motifs is 1. The molecule has 0 bridgehead atoms. The van der Waals surface area contributed by atoms with Gasteiger partial charge in [0, 0.05) is 34.3 Å². The molecule has 0 spiro atoms. The van der Waals surface area contributed by atoms with Gasteiger partial charge >= 0.3 is 0 Å². The second-order valence-corrected chi connectivity index (χ2v) is 5.92. The average molecular weight is 332 g/mol. The van der Waals surface area contributed by atoms with Crippen LogP contribution >= 0.6 is 15.9 Å². The van der Waals surface area contributed by atoms with E-state index in [1.165, 1.54) is 0 Å². The van der Waals surface area contributed by atoms with Gasteiger partial charge in [0.25, 0.3) is 5.91 Å². The molecule has 1 atom stereocenters. The Hall–Kier alpha value is -1.88. The summed E-state index contributed by atoms with van der Waals surface area (Å²) in [6.45, 7) is 2.04. The number of amides is 1. The zero-order valence-electron chi connectivity index (χ0n) is 11.0. The van der Waals surface area contributed by atoms with Gasteiger partial charge in [-0.3, -0.25) is 9.78 Å². The molecule has 1 amide bonds. The van der Waals surface area contributed by atoms with Gasteiger partial charge in [-0.1, -0.05) is 0 Å². The Morgan fingerprint density at radius 3 is 2.95 bits per heavy atom. The first kappa shape index (κ1) is 13.1. The number of aromatic nitrogens is 1. The average Bonchev–Trinajstić information content (AvgIpc) is 2.73. The molecule has 2 N–H and O–H groups in total. The molecule has 0 radical (unpaired) electrons. The highest BCUT2D eigenvalue weighted by atomic mass is 79.9. The summed E-state index contributed by atoms with van der Waals surface area (Å²) in [6.07, 6.45) is 4.08. The standard InChI is InChI=1S/C15H14BrN3O/c1-9-4-10-6-13(17)2-3-14(10)19(9)15(20)11-5-12(16)8-18-7-11/h2-3,5-9H,4,17H2,1H3. The van der Waals surface area contributed by atoms with E-state index >= 15 is 0 Å². The first-order valence-corrected chi connectivity index (χ1v) is 7.18. The predicted octanol–water partition coefficient (Wildman–Crippen LogP) is 3.02. The Morgan fingerprint density at radius 2 is 2.20 bits per heavy atom. The Morgan fingerprint density at radius 1 is 1.40 bits per heavy atom. The highest BCUT2D eigenvalue weighted by Gasteiger charge is 2.31. The van der Waals surface area contributed by atoms with Gasteiger partial charge in [0.15, 0.2) is 0 Å². The number of nitrogens with two attached hydrogens (primary N) is 1. The monoisotopic (exact) mass is 331 g/mol. The lowest BCUT2D eigenvalue weighted by molar-refractivity contribution is 0.0981. The van der Waals surface area contributed by atoms with Crippen LogP contribution in [0.5, 0.6) is 0 Å². The topological polar surface area (TPSA) is 59.2 Å². The molecule has 0 saturated heterocycles. The van der Waals surface area contributed by atoms with Crippen molar-refractivity contribution in [1.29, 1.82) is 0 Å². The minimum atomic E-state index is -0.0326. The van der Waals surface area contributed by atoms with Crippen LogP contribution in [0.15, 0.2) is 41.1 Å². The van der Waals surface area contributed by atoms with Crippen LogP contribution < -0.4 is 10.6 Å². The number of hydrogen-bond donors (Lipinski definition) is 1. The Kier molecular flexibility index (Phi) is 3.22. The predicted molar refractivity (Wildman–Crippen MR) is 82.8 cm³/mol. The molecule has 1 aliphatic heterocycles. The molecule has 1 unspecified atom stereocenters. The molecule has 3 rings (SSSR count). The van der Waals surface area contributed by atoms with Crippen molar-refractivity contribution in [1.82, 2.24) is 4.98 Å². The SMILES string of the molecule is CC1Cc2cc(N)ccc2N1C(=O)c1cncc(Br)c1. The van der Waals surface area contributed by atoms with Gasteiger partial charge in [0.05, 0.1) is 5.56 Å². The van der Waals surface area contributed by atoms with Crippen LogP contribution in [0, 0.1) is 0 Å². The number of anilines is 2.